The molecule has 0 radical (unpaired) electrons. The second kappa shape index (κ2) is 5.38. The molecule has 2 aromatic rings. The van der Waals surface area contributed by atoms with E-state index >= 15 is 0 Å². The van der Waals surface area contributed by atoms with Crippen molar-refractivity contribution < 1.29 is 0 Å². The third-order valence-electron chi connectivity index (χ3n) is 4.08. The highest BCUT2D eigenvalue weighted by molar-refractivity contribution is 6.21. The van der Waals surface area contributed by atoms with E-state index in [0.29, 0.717) is 11.8 Å². The van der Waals surface area contributed by atoms with Crippen molar-refractivity contribution in [2.24, 2.45) is 5.92 Å². The fourth-order valence-corrected chi connectivity index (χ4v) is 3.26. The molecule has 0 nitrogen and oxygen atoms in total. The number of aryl methyl sites for hydroxylation is 1. The van der Waals surface area contributed by atoms with Crippen molar-refractivity contribution in [2.75, 3.05) is 0 Å². The Bertz CT molecular complexity index is 529. The summed E-state index contributed by atoms with van der Waals surface area (Å²) >= 11 is 6.60. The van der Waals surface area contributed by atoms with E-state index < -0.39 is 0 Å². The zero-order chi connectivity index (χ0) is 13.2. The van der Waals surface area contributed by atoms with Crippen molar-refractivity contribution in [3.05, 3.63) is 71.3 Å². The maximum atomic E-state index is 6.60. The lowest BCUT2D eigenvalue weighted by Crippen LogP contribution is -2.07. The number of benzene rings is 2. The summed E-state index contributed by atoms with van der Waals surface area (Å²) in [6.45, 7) is 2.12. The predicted molar refractivity (Wildman–Crippen MR) is 81.8 cm³/mol. The SMILES string of the molecule is Cc1ccc(CC(Cl)C2CC2c2ccccc2)cc1. The summed E-state index contributed by atoms with van der Waals surface area (Å²) in [5, 5.41) is 0.257. The van der Waals surface area contributed by atoms with Gasteiger partial charge in [0.05, 0.1) is 0 Å². The Morgan fingerprint density at radius 1 is 1.05 bits per heavy atom. The van der Waals surface area contributed by atoms with Gasteiger partial charge in [0.1, 0.15) is 0 Å². The second-order valence-corrected chi connectivity index (χ2v) is 6.18. The van der Waals surface area contributed by atoms with E-state index in [1.165, 1.54) is 23.1 Å². The summed E-state index contributed by atoms with van der Waals surface area (Å²) < 4.78 is 0. The summed E-state index contributed by atoms with van der Waals surface area (Å²) in [7, 11) is 0. The highest BCUT2D eigenvalue weighted by atomic mass is 35.5. The third-order valence-corrected chi connectivity index (χ3v) is 4.56. The fraction of sp³-hybridized carbons (Fsp3) is 0.333. The first-order valence-electron chi connectivity index (χ1n) is 6.98. The van der Waals surface area contributed by atoms with E-state index in [2.05, 4.69) is 61.5 Å². The lowest BCUT2D eigenvalue weighted by Gasteiger charge is -2.09. The minimum absolute atomic E-state index is 0.257. The fourth-order valence-electron chi connectivity index (χ4n) is 2.80. The Kier molecular flexibility index (Phi) is 3.61. The van der Waals surface area contributed by atoms with Gasteiger partial charge in [-0.05, 0) is 42.7 Å². The van der Waals surface area contributed by atoms with Crippen molar-refractivity contribution in [2.45, 2.75) is 31.1 Å². The molecule has 0 aliphatic heterocycles. The molecule has 1 saturated carbocycles. The summed E-state index contributed by atoms with van der Waals surface area (Å²) in [4.78, 5) is 0. The van der Waals surface area contributed by atoms with E-state index in [0.717, 1.165) is 6.42 Å². The van der Waals surface area contributed by atoms with Crippen LogP contribution in [-0.2, 0) is 6.42 Å². The Morgan fingerprint density at radius 3 is 2.42 bits per heavy atom. The minimum atomic E-state index is 0.257. The van der Waals surface area contributed by atoms with Crippen molar-refractivity contribution >= 4 is 11.6 Å². The number of halogens is 1. The molecule has 1 heteroatoms. The van der Waals surface area contributed by atoms with Gasteiger partial charge in [-0.15, -0.1) is 11.6 Å². The standard InChI is InChI=1S/C18H19Cl/c1-13-7-9-14(10-8-13)11-18(19)17-12-16(17)15-5-3-2-4-6-15/h2-10,16-18H,11-12H2,1H3. The molecule has 3 unspecified atom stereocenters. The molecule has 0 aromatic heterocycles. The molecule has 1 aliphatic carbocycles. The van der Waals surface area contributed by atoms with E-state index in [-0.39, 0.29) is 5.38 Å². The Labute approximate surface area is 120 Å². The number of rotatable bonds is 4. The average molecular weight is 271 g/mol. The monoisotopic (exact) mass is 270 g/mol. The van der Waals surface area contributed by atoms with Crippen LogP contribution in [0.25, 0.3) is 0 Å². The highest BCUT2D eigenvalue weighted by Gasteiger charge is 2.42. The lowest BCUT2D eigenvalue weighted by molar-refractivity contribution is 0.714. The molecule has 0 heterocycles. The van der Waals surface area contributed by atoms with Crippen molar-refractivity contribution in [1.29, 1.82) is 0 Å². The topological polar surface area (TPSA) is 0 Å². The molecule has 0 N–H and O–H groups in total. The van der Waals surface area contributed by atoms with Gasteiger partial charge in [0.2, 0.25) is 0 Å². The molecule has 19 heavy (non-hydrogen) atoms. The van der Waals surface area contributed by atoms with Crippen LogP contribution in [-0.4, -0.2) is 5.38 Å². The van der Waals surface area contributed by atoms with E-state index in [9.17, 15) is 0 Å². The Balaban J connectivity index is 1.61. The molecule has 3 rings (SSSR count). The van der Waals surface area contributed by atoms with Crippen LogP contribution in [0.15, 0.2) is 54.6 Å². The van der Waals surface area contributed by atoms with Gasteiger partial charge in [0, 0.05) is 5.38 Å². The van der Waals surface area contributed by atoms with Gasteiger partial charge >= 0.3 is 0 Å². The number of hydrogen-bond donors (Lipinski definition) is 0. The lowest BCUT2D eigenvalue weighted by atomic mass is 10.0. The summed E-state index contributed by atoms with van der Waals surface area (Å²) in [6.07, 6.45) is 2.22. The summed E-state index contributed by atoms with van der Waals surface area (Å²) in [6, 6.07) is 19.5. The average Bonchev–Trinajstić information content (AvgIpc) is 3.23. The van der Waals surface area contributed by atoms with Crippen LogP contribution in [0.5, 0.6) is 0 Å². The van der Waals surface area contributed by atoms with Gasteiger partial charge in [-0.2, -0.15) is 0 Å². The van der Waals surface area contributed by atoms with Gasteiger partial charge in [-0.3, -0.25) is 0 Å². The Hall–Kier alpha value is -1.27. The van der Waals surface area contributed by atoms with Crippen LogP contribution in [0, 0.1) is 12.8 Å². The van der Waals surface area contributed by atoms with Crippen LogP contribution in [0.4, 0.5) is 0 Å². The maximum Gasteiger partial charge on any atom is 0.0410 e. The molecular formula is C18H19Cl. The first-order chi connectivity index (χ1) is 9.24. The van der Waals surface area contributed by atoms with Crippen molar-refractivity contribution in [3.63, 3.8) is 0 Å². The molecule has 0 amide bonds. The molecule has 1 aliphatic rings. The van der Waals surface area contributed by atoms with E-state index in [1.54, 1.807) is 0 Å². The van der Waals surface area contributed by atoms with Gasteiger partial charge in [0.15, 0.2) is 0 Å². The van der Waals surface area contributed by atoms with Crippen LogP contribution in [0.2, 0.25) is 0 Å². The first kappa shape index (κ1) is 12.7. The molecule has 0 bridgehead atoms. The summed E-state index contributed by atoms with van der Waals surface area (Å²) in [5.41, 5.74) is 4.11. The molecule has 98 valence electrons. The maximum absolute atomic E-state index is 6.60. The van der Waals surface area contributed by atoms with Crippen LogP contribution in [0.3, 0.4) is 0 Å². The molecule has 0 spiro atoms. The number of hydrogen-bond acceptors (Lipinski definition) is 0. The zero-order valence-corrected chi connectivity index (χ0v) is 12.0. The van der Waals surface area contributed by atoms with Crippen LogP contribution < -0.4 is 0 Å². The number of alkyl halides is 1. The predicted octanol–water partition coefficient (Wildman–Crippen LogP) is 4.95. The van der Waals surface area contributed by atoms with Gasteiger partial charge in [-0.1, -0.05) is 60.2 Å². The molecule has 3 atom stereocenters. The third kappa shape index (κ3) is 3.01. The molecular weight excluding hydrogens is 252 g/mol. The molecule has 2 aromatic carbocycles. The van der Waals surface area contributed by atoms with E-state index in [1.807, 2.05) is 0 Å². The molecule has 0 saturated heterocycles. The zero-order valence-electron chi connectivity index (χ0n) is 11.2. The Morgan fingerprint density at radius 2 is 1.74 bits per heavy atom. The summed E-state index contributed by atoms with van der Waals surface area (Å²) in [5.74, 6) is 1.32. The largest absolute Gasteiger partial charge is 0.122 e. The van der Waals surface area contributed by atoms with Gasteiger partial charge in [0.25, 0.3) is 0 Å². The van der Waals surface area contributed by atoms with Crippen LogP contribution in [0.1, 0.15) is 29.0 Å². The van der Waals surface area contributed by atoms with Crippen molar-refractivity contribution in [3.8, 4) is 0 Å². The molecule has 1 fully saturated rings. The quantitative estimate of drug-likeness (QED) is 0.690. The highest BCUT2D eigenvalue weighted by Crippen LogP contribution is 2.51. The second-order valence-electron chi connectivity index (χ2n) is 5.62. The van der Waals surface area contributed by atoms with Crippen LogP contribution >= 0.6 is 11.6 Å². The van der Waals surface area contributed by atoms with Gasteiger partial charge in [-0.25, -0.2) is 0 Å². The normalized spacial score (nSPS) is 23.1. The first-order valence-corrected chi connectivity index (χ1v) is 7.42. The van der Waals surface area contributed by atoms with E-state index in [4.69, 9.17) is 11.6 Å². The van der Waals surface area contributed by atoms with Crippen molar-refractivity contribution in [1.82, 2.24) is 0 Å². The minimum Gasteiger partial charge on any atom is -0.122 e. The van der Waals surface area contributed by atoms with Gasteiger partial charge < -0.3 is 0 Å². The smallest absolute Gasteiger partial charge is 0.0410 e.